The third kappa shape index (κ3) is 5.20. The molecule has 50 heavy (non-hydrogen) atoms. The summed E-state index contributed by atoms with van der Waals surface area (Å²) in [6, 6.07) is 7.65. The Morgan fingerprint density at radius 1 is 1.02 bits per heavy atom. The minimum Gasteiger partial charge on any atom is -0.507 e. The molecule has 1 aliphatic heterocycles. The van der Waals surface area contributed by atoms with Crippen molar-refractivity contribution < 1.29 is 44.0 Å². The Labute approximate surface area is 291 Å². The Morgan fingerprint density at radius 3 is 2.28 bits per heavy atom. The zero-order valence-corrected chi connectivity index (χ0v) is 29.2. The summed E-state index contributed by atoms with van der Waals surface area (Å²) >= 11 is 0. The summed E-state index contributed by atoms with van der Waals surface area (Å²) in [5, 5.41) is 32.6. The van der Waals surface area contributed by atoms with E-state index < -0.39 is 63.3 Å². The number of benzene rings is 2. The maximum absolute atomic E-state index is 14.5. The highest BCUT2D eigenvalue weighted by Gasteiger charge is 2.76. The van der Waals surface area contributed by atoms with E-state index in [9.17, 15) is 39.3 Å². The van der Waals surface area contributed by atoms with Crippen molar-refractivity contribution in [3.8, 4) is 22.6 Å². The van der Waals surface area contributed by atoms with Crippen molar-refractivity contribution in [1.29, 1.82) is 0 Å². The largest absolute Gasteiger partial charge is 0.507 e. The van der Waals surface area contributed by atoms with Crippen LogP contribution in [0.4, 0.5) is 0 Å². The maximum Gasteiger partial charge on any atom is 0.235 e. The van der Waals surface area contributed by atoms with Gasteiger partial charge in [-0.25, -0.2) is 0 Å². The molecule has 1 saturated heterocycles. The number of carbonyl (C=O) groups is 5. The number of nitrogens with two attached hydrogens (primary N) is 1. The number of phenolic OH excluding ortho intramolecular Hbond substituents is 1. The summed E-state index contributed by atoms with van der Waals surface area (Å²) in [5.41, 5.74) is 2.58. The molecular formula is C37H46N4O9. The highest BCUT2D eigenvalue weighted by molar-refractivity contribution is 6.33. The van der Waals surface area contributed by atoms with Gasteiger partial charge in [0.1, 0.15) is 11.5 Å². The number of amides is 1. The van der Waals surface area contributed by atoms with Crippen LogP contribution in [0.15, 0.2) is 30.3 Å². The number of β-amino-alcohol motifs (C(OH)–C–C–N with tert-alkyl or cyclic N) is 1. The van der Waals surface area contributed by atoms with Crippen molar-refractivity contribution in [3.63, 3.8) is 0 Å². The highest BCUT2D eigenvalue weighted by Crippen LogP contribution is 2.62. The van der Waals surface area contributed by atoms with E-state index in [1.54, 1.807) is 34.2 Å². The van der Waals surface area contributed by atoms with Crippen LogP contribution in [0.2, 0.25) is 0 Å². The minimum absolute atomic E-state index is 0.0575. The standard InChI is InChI=1S/C37H46N4O9/c1-35-17-23-22(20-6-9-25(50-5)21(16-20)18-41-12-10-40(11-13-41)14-15-42)7-8-24(43)26(23)29(44)28(35)33(47)37(49)32(46)27(34(38)48)30(45)31(39(3)4)36(37,2)19-35/h6-9,16,27-28,31,42-43,49H,10-15,17-19H2,1-5H3,(H2,38,48)/t27?,28?,31-,35+,36+,37-/m1/s1. The molecule has 0 spiro atoms. The van der Waals surface area contributed by atoms with Crippen LogP contribution in [0.1, 0.15) is 41.8 Å². The SMILES string of the molecule is COc1ccc(-c2ccc(O)c3c2C[C@@]2(C)C[C@@]4(C)[C@H](N(C)C)C(=O)C(C(N)=O)C(=O)[C@@]4(O)C(=O)C2C3=O)cc1CN1CCN(CCO)CC1. The average molecular weight is 691 g/mol. The highest BCUT2D eigenvalue weighted by atomic mass is 16.5. The molecule has 13 heteroatoms. The van der Waals surface area contributed by atoms with Crippen LogP contribution in [0.3, 0.4) is 0 Å². The molecule has 0 aromatic heterocycles. The summed E-state index contributed by atoms with van der Waals surface area (Å²) in [5.74, 6) is -8.40. The van der Waals surface area contributed by atoms with Gasteiger partial charge in [0.2, 0.25) is 5.91 Å². The lowest BCUT2D eigenvalue weighted by Crippen LogP contribution is -2.79. The number of ketones is 4. The number of primary amides is 1. The van der Waals surface area contributed by atoms with Gasteiger partial charge < -0.3 is 25.8 Å². The molecular weight excluding hydrogens is 644 g/mol. The van der Waals surface area contributed by atoms with Gasteiger partial charge in [0, 0.05) is 50.2 Å². The van der Waals surface area contributed by atoms with Gasteiger partial charge in [-0.15, -0.1) is 0 Å². The van der Waals surface area contributed by atoms with Crippen LogP contribution in [-0.2, 0) is 32.1 Å². The quantitative estimate of drug-likeness (QED) is 0.280. The number of hydrogen-bond donors (Lipinski definition) is 4. The van der Waals surface area contributed by atoms with E-state index >= 15 is 0 Å². The number of fused-ring (bicyclic) bond motifs is 3. The van der Waals surface area contributed by atoms with Gasteiger partial charge in [0.25, 0.3) is 0 Å². The number of piperazine rings is 1. The van der Waals surface area contributed by atoms with E-state index in [-0.39, 0.29) is 30.8 Å². The number of hydrogen-bond acceptors (Lipinski definition) is 12. The zero-order chi connectivity index (χ0) is 36.5. The summed E-state index contributed by atoms with van der Waals surface area (Å²) < 4.78 is 5.71. The van der Waals surface area contributed by atoms with Gasteiger partial charge in [0.05, 0.1) is 31.2 Å². The number of likely N-dealkylation sites (N-methyl/N-ethyl adjacent to an activating group) is 1. The molecule has 6 rings (SSSR count). The average Bonchev–Trinajstić information content (AvgIpc) is 3.03. The third-order valence-electron chi connectivity index (χ3n) is 11.7. The first-order chi connectivity index (χ1) is 23.5. The molecule has 6 atom stereocenters. The lowest BCUT2D eigenvalue weighted by atomic mass is 9.42. The number of phenols is 1. The van der Waals surface area contributed by atoms with Crippen molar-refractivity contribution in [1.82, 2.24) is 14.7 Å². The van der Waals surface area contributed by atoms with E-state index in [0.717, 1.165) is 37.3 Å². The normalized spacial score (nSPS) is 31.7. The first kappa shape index (κ1) is 35.8. The Bertz CT molecular complexity index is 1790. The number of aliphatic hydroxyl groups is 2. The fourth-order valence-corrected chi connectivity index (χ4v) is 9.61. The minimum atomic E-state index is -2.85. The molecule has 1 amide bonds. The second kappa shape index (κ2) is 12.6. The lowest BCUT2D eigenvalue weighted by molar-refractivity contribution is -0.203. The summed E-state index contributed by atoms with van der Waals surface area (Å²) in [7, 11) is 4.73. The molecule has 2 aromatic carbocycles. The molecule has 2 unspecified atom stereocenters. The van der Waals surface area contributed by atoms with Crippen LogP contribution < -0.4 is 10.5 Å². The number of aliphatic hydroxyl groups excluding tert-OH is 1. The second-order valence-electron chi connectivity index (χ2n) is 15.1. The molecule has 268 valence electrons. The Hall–Kier alpha value is -4.01. The first-order valence-electron chi connectivity index (χ1n) is 17.0. The number of carbonyl (C=O) groups excluding carboxylic acids is 5. The van der Waals surface area contributed by atoms with E-state index in [4.69, 9.17) is 10.5 Å². The van der Waals surface area contributed by atoms with Crippen molar-refractivity contribution in [2.45, 2.75) is 44.9 Å². The van der Waals surface area contributed by atoms with E-state index in [0.29, 0.717) is 30.0 Å². The van der Waals surface area contributed by atoms with Crippen molar-refractivity contribution in [2.75, 3.05) is 60.5 Å². The third-order valence-corrected chi connectivity index (χ3v) is 11.7. The van der Waals surface area contributed by atoms with E-state index in [2.05, 4.69) is 9.80 Å². The Balaban J connectivity index is 1.43. The van der Waals surface area contributed by atoms with Crippen molar-refractivity contribution in [3.05, 3.63) is 47.0 Å². The van der Waals surface area contributed by atoms with Gasteiger partial charge in [-0.3, -0.25) is 38.7 Å². The number of Topliss-reactive ketones (excluding diaryl/α,β-unsaturated/α-hetero) is 4. The molecule has 13 nitrogen and oxygen atoms in total. The molecule has 0 radical (unpaired) electrons. The van der Waals surface area contributed by atoms with Gasteiger partial charge >= 0.3 is 0 Å². The fraction of sp³-hybridized carbons (Fsp3) is 0.541. The van der Waals surface area contributed by atoms with Gasteiger partial charge in [-0.05, 0) is 67.2 Å². The molecule has 1 heterocycles. The molecule has 4 aliphatic rings. The fourth-order valence-electron chi connectivity index (χ4n) is 9.61. The number of rotatable bonds is 8. The molecule has 5 N–H and O–H groups in total. The van der Waals surface area contributed by atoms with Crippen LogP contribution in [0, 0.1) is 22.7 Å². The molecule has 3 aliphatic carbocycles. The van der Waals surface area contributed by atoms with Crippen LogP contribution in [0.5, 0.6) is 11.5 Å². The first-order valence-corrected chi connectivity index (χ1v) is 17.0. The molecule has 2 saturated carbocycles. The molecule has 3 fully saturated rings. The van der Waals surface area contributed by atoms with E-state index in [1.165, 1.54) is 17.9 Å². The number of nitrogens with zero attached hydrogens (tertiary/aromatic N) is 3. The van der Waals surface area contributed by atoms with Crippen molar-refractivity contribution in [2.24, 2.45) is 28.4 Å². The predicted molar refractivity (Wildman–Crippen MR) is 181 cm³/mol. The summed E-state index contributed by atoms with van der Waals surface area (Å²) in [4.78, 5) is 74.9. The lowest BCUT2D eigenvalue weighted by Gasteiger charge is -2.61. The number of ether oxygens (including phenoxy) is 1. The maximum atomic E-state index is 14.5. The topological polar surface area (TPSA) is 191 Å². The Morgan fingerprint density at radius 2 is 1.68 bits per heavy atom. The Kier molecular flexibility index (Phi) is 9.05. The second-order valence-corrected chi connectivity index (χ2v) is 15.1. The molecule has 2 aromatic rings. The summed E-state index contributed by atoms with van der Waals surface area (Å²) in [6.07, 6.45) is 0.0327. The van der Waals surface area contributed by atoms with E-state index in [1.807, 2.05) is 18.2 Å². The smallest absolute Gasteiger partial charge is 0.235 e. The predicted octanol–water partition coefficient (Wildman–Crippen LogP) is 0.433. The number of aromatic hydroxyl groups is 1. The van der Waals surface area contributed by atoms with Gasteiger partial charge in [0.15, 0.2) is 34.7 Å². The number of methoxy groups -OCH3 is 1. The van der Waals surface area contributed by atoms with Crippen LogP contribution in [0.25, 0.3) is 11.1 Å². The van der Waals surface area contributed by atoms with Crippen LogP contribution >= 0.6 is 0 Å². The van der Waals surface area contributed by atoms with Crippen molar-refractivity contribution >= 4 is 29.0 Å². The summed E-state index contributed by atoms with van der Waals surface area (Å²) in [6.45, 7) is 7.88. The monoisotopic (exact) mass is 690 g/mol. The molecule has 0 bridgehead atoms. The van der Waals surface area contributed by atoms with Gasteiger partial charge in [-0.1, -0.05) is 26.0 Å². The van der Waals surface area contributed by atoms with Gasteiger partial charge in [-0.2, -0.15) is 0 Å². The zero-order valence-electron chi connectivity index (χ0n) is 29.2. The van der Waals surface area contributed by atoms with Crippen LogP contribution in [-0.4, -0.2) is 131 Å².